The smallest absolute Gasteiger partial charge is 0.208 e. The van der Waals surface area contributed by atoms with Crippen LogP contribution < -0.4 is 4.72 Å². The average Bonchev–Trinajstić information content (AvgIpc) is 2.59. The number of nitrogens with one attached hydrogen (secondary N) is 1. The van der Waals surface area contributed by atoms with Gasteiger partial charge in [0.2, 0.25) is 10.0 Å². The largest absolute Gasteiger partial charge is 0.213 e. The first-order chi connectivity index (χ1) is 6.46. The van der Waals surface area contributed by atoms with Crippen LogP contribution in [0.4, 0.5) is 0 Å². The molecule has 0 heterocycles. The lowest BCUT2D eigenvalue weighted by atomic mass is 9.84. The van der Waals surface area contributed by atoms with Crippen molar-refractivity contribution in [1.82, 2.24) is 4.72 Å². The van der Waals surface area contributed by atoms with E-state index in [1.54, 1.807) is 0 Å². The highest BCUT2D eigenvalue weighted by molar-refractivity contribution is 7.88. The summed E-state index contributed by atoms with van der Waals surface area (Å²) in [5.41, 5.74) is 0. The molecular formula is C10H19NO2S. The fourth-order valence-electron chi connectivity index (χ4n) is 3.33. The Kier molecular flexibility index (Phi) is 2.60. The van der Waals surface area contributed by atoms with E-state index < -0.39 is 10.0 Å². The number of hydrogen-bond acceptors (Lipinski definition) is 2. The van der Waals surface area contributed by atoms with E-state index in [4.69, 9.17) is 0 Å². The number of hydrogen-bond donors (Lipinski definition) is 1. The van der Waals surface area contributed by atoms with E-state index in [0.29, 0.717) is 5.92 Å². The Morgan fingerprint density at radius 2 is 2.00 bits per heavy atom. The van der Waals surface area contributed by atoms with Gasteiger partial charge in [0.15, 0.2) is 0 Å². The lowest BCUT2D eigenvalue weighted by molar-refractivity contribution is 0.280. The van der Waals surface area contributed by atoms with E-state index in [0.717, 1.165) is 11.8 Å². The molecule has 2 bridgehead atoms. The monoisotopic (exact) mass is 217 g/mol. The lowest BCUT2D eigenvalue weighted by Gasteiger charge is -2.27. The standard InChI is InChI=1S/C10H19NO2S/c1-7(11-14(2,12)13)10-6-8-3-4-9(10)5-8/h7-11H,3-6H2,1-2H3/t7-,8+,9+,10-/m1/s1. The maximum absolute atomic E-state index is 11.1. The van der Waals surface area contributed by atoms with Crippen molar-refractivity contribution in [2.24, 2.45) is 17.8 Å². The van der Waals surface area contributed by atoms with Gasteiger partial charge in [0, 0.05) is 6.04 Å². The third-order valence-corrected chi connectivity index (χ3v) is 4.63. The molecule has 82 valence electrons. The van der Waals surface area contributed by atoms with E-state index in [9.17, 15) is 8.42 Å². The zero-order valence-corrected chi connectivity index (χ0v) is 9.68. The summed E-state index contributed by atoms with van der Waals surface area (Å²) in [6.07, 6.45) is 6.49. The molecule has 14 heavy (non-hydrogen) atoms. The fourth-order valence-corrected chi connectivity index (χ4v) is 4.18. The molecule has 2 aliphatic rings. The summed E-state index contributed by atoms with van der Waals surface area (Å²) >= 11 is 0. The predicted molar refractivity (Wildman–Crippen MR) is 56.4 cm³/mol. The minimum Gasteiger partial charge on any atom is -0.213 e. The quantitative estimate of drug-likeness (QED) is 0.776. The molecule has 0 spiro atoms. The average molecular weight is 217 g/mol. The summed E-state index contributed by atoms with van der Waals surface area (Å²) in [4.78, 5) is 0. The van der Waals surface area contributed by atoms with Crippen molar-refractivity contribution < 1.29 is 8.42 Å². The molecular weight excluding hydrogens is 198 g/mol. The highest BCUT2D eigenvalue weighted by Gasteiger charge is 2.42. The van der Waals surface area contributed by atoms with Gasteiger partial charge in [-0.05, 0) is 43.9 Å². The van der Waals surface area contributed by atoms with Crippen LogP contribution in [-0.2, 0) is 10.0 Å². The van der Waals surface area contributed by atoms with Gasteiger partial charge in [0.1, 0.15) is 0 Å². The number of fused-ring (bicyclic) bond motifs is 2. The Hall–Kier alpha value is -0.0900. The molecule has 0 aromatic heterocycles. The zero-order chi connectivity index (χ0) is 10.3. The van der Waals surface area contributed by atoms with E-state index >= 15 is 0 Å². The first-order valence-corrected chi connectivity index (χ1v) is 7.32. The van der Waals surface area contributed by atoms with E-state index in [2.05, 4.69) is 4.72 Å². The Morgan fingerprint density at radius 3 is 2.43 bits per heavy atom. The zero-order valence-electron chi connectivity index (χ0n) is 8.86. The summed E-state index contributed by atoms with van der Waals surface area (Å²) in [6.45, 7) is 2.01. The topological polar surface area (TPSA) is 46.2 Å². The Morgan fingerprint density at radius 1 is 1.29 bits per heavy atom. The fraction of sp³-hybridized carbons (Fsp3) is 1.00. The van der Waals surface area contributed by atoms with Crippen LogP contribution >= 0.6 is 0 Å². The Balaban J connectivity index is 1.96. The second-order valence-corrected chi connectivity index (χ2v) is 6.80. The first kappa shape index (κ1) is 10.4. The highest BCUT2D eigenvalue weighted by atomic mass is 32.2. The van der Waals surface area contributed by atoms with Crippen molar-refractivity contribution >= 4 is 10.0 Å². The lowest BCUT2D eigenvalue weighted by Crippen LogP contribution is -2.39. The van der Waals surface area contributed by atoms with Crippen LogP contribution in [0.25, 0.3) is 0 Å². The molecule has 0 aliphatic heterocycles. The maximum Gasteiger partial charge on any atom is 0.208 e. The Bertz CT molecular complexity index is 312. The number of rotatable bonds is 3. The van der Waals surface area contributed by atoms with Gasteiger partial charge in [-0.15, -0.1) is 0 Å². The van der Waals surface area contributed by atoms with Crippen LogP contribution in [0.3, 0.4) is 0 Å². The molecule has 0 saturated heterocycles. The third-order valence-electron chi connectivity index (χ3n) is 3.83. The van der Waals surface area contributed by atoms with Crippen LogP contribution in [0.1, 0.15) is 32.6 Å². The molecule has 3 nitrogen and oxygen atoms in total. The SMILES string of the molecule is C[C@@H](NS(C)(=O)=O)[C@H]1C[C@H]2CC[C@H]1C2. The molecule has 2 rings (SSSR count). The number of sulfonamides is 1. The second-order valence-electron chi connectivity index (χ2n) is 5.02. The van der Waals surface area contributed by atoms with Gasteiger partial charge in [-0.2, -0.15) is 0 Å². The van der Waals surface area contributed by atoms with Crippen molar-refractivity contribution in [3.63, 3.8) is 0 Å². The van der Waals surface area contributed by atoms with Crippen LogP contribution in [0.15, 0.2) is 0 Å². The molecule has 0 aromatic rings. The molecule has 2 saturated carbocycles. The third kappa shape index (κ3) is 2.11. The van der Waals surface area contributed by atoms with E-state index in [-0.39, 0.29) is 6.04 Å². The molecule has 0 aromatic carbocycles. The van der Waals surface area contributed by atoms with E-state index in [1.165, 1.54) is 31.9 Å². The van der Waals surface area contributed by atoms with Crippen molar-refractivity contribution in [1.29, 1.82) is 0 Å². The van der Waals surface area contributed by atoms with Crippen molar-refractivity contribution in [3.05, 3.63) is 0 Å². The van der Waals surface area contributed by atoms with Crippen molar-refractivity contribution in [2.75, 3.05) is 6.26 Å². The normalized spacial score (nSPS) is 38.9. The Labute approximate surface area is 86.3 Å². The van der Waals surface area contributed by atoms with Gasteiger partial charge < -0.3 is 0 Å². The van der Waals surface area contributed by atoms with Gasteiger partial charge in [0.25, 0.3) is 0 Å². The molecule has 4 heteroatoms. The van der Waals surface area contributed by atoms with Crippen molar-refractivity contribution in [2.45, 2.75) is 38.6 Å². The molecule has 0 amide bonds. The first-order valence-electron chi connectivity index (χ1n) is 5.43. The second kappa shape index (κ2) is 3.49. The van der Waals surface area contributed by atoms with Gasteiger partial charge in [0.05, 0.1) is 6.26 Å². The van der Waals surface area contributed by atoms with E-state index in [1.807, 2.05) is 6.92 Å². The van der Waals surface area contributed by atoms with Gasteiger partial charge >= 0.3 is 0 Å². The maximum atomic E-state index is 11.1. The molecule has 4 atom stereocenters. The van der Waals surface area contributed by atoms with Gasteiger partial charge in [-0.3, -0.25) is 0 Å². The van der Waals surface area contributed by atoms with Crippen LogP contribution in [0.5, 0.6) is 0 Å². The summed E-state index contributed by atoms with van der Waals surface area (Å²) < 4.78 is 24.9. The summed E-state index contributed by atoms with van der Waals surface area (Å²) in [7, 11) is -3.03. The predicted octanol–water partition coefficient (Wildman–Crippen LogP) is 1.36. The molecule has 0 unspecified atom stereocenters. The van der Waals surface area contributed by atoms with Gasteiger partial charge in [-0.25, -0.2) is 13.1 Å². The van der Waals surface area contributed by atoms with Crippen LogP contribution in [0.2, 0.25) is 0 Å². The minimum absolute atomic E-state index is 0.125. The molecule has 1 N–H and O–H groups in total. The van der Waals surface area contributed by atoms with Crippen LogP contribution in [0, 0.1) is 17.8 Å². The molecule has 2 fully saturated rings. The molecule has 2 aliphatic carbocycles. The van der Waals surface area contributed by atoms with Crippen LogP contribution in [-0.4, -0.2) is 20.7 Å². The highest BCUT2D eigenvalue weighted by Crippen LogP contribution is 2.49. The van der Waals surface area contributed by atoms with Gasteiger partial charge in [-0.1, -0.05) is 6.42 Å². The molecule has 0 radical (unpaired) electrons. The van der Waals surface area contributed by atoms with Crippen molar-refractivity contribution in [3.8, 4) is 0 Å². The summed E-state index contributed by atoms with van der Waals surface area (Å²) in [5, 5.41) is 0. The summed E-state index contributed by atoms with van der Waals surface area (Å²) in [6, 6.07) is 0.125. The minimum atomic E-state index is -3.03. The summed E-state index contributed by atoms with van der Waals surface area (Å²) in [5.74, 6) is 2.25.